The van der Waals surface area contributed by atoms with Crippen LogP contribution in [0.4, 0.5) is 5.69 Å². The molecule has 0 unspecified atom stereocenters. The molecule has 1 spiro atoms. The zero-order valence-corrected chi connectivity index (χ0v) is 19.4. The average Bonchev–Trinajstić information content (AvgIpc) is 2.63. The fourth-order valence-corrected chi connectivity index (χ4v) is 5.57. The van der Waals surface area contributed by atoms with Crippen molar-refractivity contribution in [2.45, 2.75) is 50.3 Å². The molecule has 2 aliphatic rings. The first-order valence-corrected chi connectivity index (χ1v) is 10.5. The Bertz CT molecular complexity index is 656. The number of carbonyl (C=O) groups excluding carboxylic acids is 1. The molecule has 27 heavy (non-hydrogen) atoms. The largest absolute Gasteiger partial charge is 0.352 e. The molecule has 1 heterocycles. The molecule has 0 radical (unpaired) electrons. The van der Waals surface area contributed by atoms with Crippen LogP contribution in [-0.4, -0.2) is 47.4 Å². The molecular weight excluding hydrogens is 471 g/mol. The zero-order valence-electron chi connectivity index (χ0n) is 16.3. The van der Waals surface area contributed by atoms with E-state index in [0.717, 1.165) is 30.3 Å². The summed E-state index contributed by atoms with van der Waals surface area (Å²) in [5, 5.41) is 6.35. The summed E-state index contributed by atoms with van der Waals surface area (Å²) in [7, 11) is 1.87. The van der Waals surface area contributed by atoms with Crippen molar-refractivity contribution in [3.63, 3.8) is 0 Å². The Hall–Kier alpha value is -0.960. The van der Waals surface area contributed by atoms with Crippen molar-refractivity contribution in [2.24, 2.45) is 4.99 Å². The van der Waals surface area contributed by atoms with E-state index >= 15 is 0 Å². The van der Waals surface area contributed by atoms with Gasteiger partial charge in [-0.1, -0.05) is 31.4 Å². The average molecular weight is 502 g/mol. The number of carbonyl (C=O) groups is 1. The van der Waals surface area contributed by atoms with Gasteiger partial charge in [0.15, 0.2) is 5.96 Å². The molecule has 1 aliphatic heterocycles. The third-order valence-corrected chi connectivity index (χ3v) is 6.76. The van der Waals surface area contributed by atoms with Crippen molar-refractivity contribution >= 4 is 53.3 Å². The van der Waals surface area contributed by atoms with Crippen LogP contribution < -0.4 is 10.6 Å². The van der Waals surface area contributed by atoms with Crippen LogP contribution in [0.15, 0.2) is 29.3 Å². The van der Waals surface area contributed by atoms with Gasteiger partial charge in [-0.2, -0.15) is 11.8 Å². The van der Waals surface area contributed by atoms with Crippen molar-refractivity contribution in [1.82, 2.24) is 10.2 Å². The van der Waals surface area contributed by atoms with Crippen LogP contribution in [0.1, 0.15) is 44.6 Å². The number of rotatable bonds is 3. The van der Waals surface area contributed by atoms with E-state index in [9.17, 15) is 4.79 Å². The maximum atomic E-state index is 11.2. The second kappa shape index (κ2) is 10.5. The van der Waals surface area contributed by atoms with E-state index in [0.29, 0.717) is 11.3 Å². The Labute approximate surface area is 184 Å². The number of amides is 1. The lowest BCUT2D eigenvalue weighted by molar-refractivity contribution is -0.114. The molecule has 0 bridgehead atoms. The quantitative estimate of drug-likeness (QED) is 0.372. The monoisotopic (exact) mass is 502 g/mol. The smallest absolute Gasteiger partial charge is 0.221 e. The van der Waals surface area contributed by atoms with Crippen molar-refractivity contribution in [2.75, 3.05) is 31.2 Å². The molecule has 2 fully saturated rings. The Balaban J connectivity index is 0.00000261. The van der Waals surface area contributed by atoms with Crippen molar-refractivity contribution in [3.05, 3.63) is 29.8 Å². The third-order valence-electron chi connectivity index (χ3n) is 5.22. The van der Waals surface area contributed by atoms with Gasteiger partial charge in [0.1, 0.15) is 0 Å². The molecule has 5 nitrogen and oxygen atoms in total. The molecule has 1 aromatic carbocycles. The van der Waals surface area contributed by atoms with Gasteiger partial charge in [-0.25, -0.2) is 0 Å². The van der Waals surface area contributed by atoms with E-state index in [1.165, 1.54) is 44.8 Å². The fourth-order valence-electron chi connectivity index (χ4n) is 4.00. The van der Waals surface area contributed by atoms with Gasteiger partial charge in [-0.05, 0) is 30.5 Å². The highest BCUT2D eigenvalue weighted by atomic mass is 127. The van der Waals surface area contributed by atoms with Crippen LogP contribution in [0.5, 0.6) is 0 Å². The van der Waals surface area contributed by atoms with E-state index < -0.39 is 0 Å². The normalized spacial score (nSPS) is 19.3. The maximum Gasteiger partial charge on any atom is 0.221 e. The molecular formula is C20H31IN4OS. The number of aliphatic imine (C=N–C) groups is 1. The van der Waals surface area contributed by atoms with Crippen LogP contribution in [-0.2, 0) is 11.3 Å². The molecule has 0 aromatic heterocycles. The van der Waals surface area contributed by atoms with Crippen molar-refractivity contribution in [1.29, 1.82) is 0 Å². The van der Waals surface area contributed by atoms with Gasteiger partial charge in [-0.15, -0.1) is 24.0 Å². The summed E-state index contributed by atoms with van der Waals surface area (Å²) < 4.78 is 0.430. The van der Waals surface area contributed by atoms with E-state index in [4.69, 9.17) is 0 Å². The zero-order chi connectivity index (χ0) is 18.4. The Morgan fingerprint density at radius 3 is 2.78 bits per heavy atom. The number of anilines is 1. The molecule has 0 atom stereocenters. The van der Waals surface area contributed by atoms with Gasteiger partial charge < -0.3 is 15.5 Å². The number of benzene rings is 1. The third kappa shape index (κ3) is 6.27. The minimum absolute atomic E-state index is 0. The minimum atomic E-state index is -0.0467. The first-order chi connectivity index (χ1) is 12.6. The molecule has 7 heteroatoms. The lowest BCUT2D eigenvalue weighted by Gasteiger charge is -2.45. The standard InChI is InChI=1S/C20H30N4OS.HI/c1-16(25)23-18-8-6-7-17(13-18)14-22-19(21-2)24-11-12-26-20(15-24)9-4-3-5-10-20;/h6-8,13H,3-5,9-12,14-15H2,1-2H3,(H,21,22)(H,23,25);1H. The number of guanidine groups is 1. The predicted molar refractivity (Wildman–Crippen MR) is 126 cm³/mol. The molecule has 3 rings (SSSR count). The molecule has 1 amide bonds. The van der Waals surface area contributed by atoms with E-state index in [1.54, 1.807) is 0 Å². The number of halogens is 1. The summed E-state index contributed by atoms with van der Waals surface area (Å²) in [5.41, 5.74) is 1.97. The van der Waals surface area contributed by atoms with Gasteiger partial charge in [0.05, 0.1) is 0 Å². The summed E-state index contributed by atoms with van der Waals surface area (Å²) in [6.07, 6.45) is 6.79. The highest BCUT2D eigenvalue weighted by Gasteiger charge is 2.38. The SMILES string of the molecule is CN=C(NCc1cccc(NC(C)=O)c1)N1CCSC2(CCCCC2)C1.I. The van der Waals surface area contributed by atoms with Crippen molar-refractivity contribution in [3.8, 4) is 0 Å². The Morgan fingerprint density at radius 2 is 2.07 bits per heavy atom. The highest BCUT2D eigenvalue weighted by molar-refractivity contribution is 14.0. The van der Waals surface area contributed by atoms with Crippen molar-refractivity contribution < 1.29 is 4.79 Å². The molecule has 1 aliphatic carbocycles. The van der Waals surface area contributed by atoms with Gasteiger partial charge in [0, 0.05) is 49.8 Å². The van der Waals surface area contributed by atoms with Crippen LogP contribution in [0.3, 0.4) is 0 Å². The lowest BCUT2D eigenvalue weighted by Crippen LogP contribution is -2.53. The number of nitrogens with zero attached hydrogens (tertiary/aromatic N) is 2. The molecule has 1 saturated heterocycles. The molecule has 1 saturated carbocycles. The summed E-state index contributed by atoms with van der Waals surface area (Å²) in [6.45, 7) is 4.39. The number of nitrogens with one attached hydrogen (secondary N) is 2. The first kappa shape index (κ1) is 22.3. The van der Waals surface area contributed by atoms with E-state index in [-0.39, 0.29) is 29.9 Å². The predicted octanol–water partition coefficient (Wildman–Crippen LogP) is 4.09. The second-order valence-corrected chi connectivity index (χ2v) is 8.86. The summed E-state index contributed by atoms with van der Waals surface area (Å²) in [4.78, 5) is 18.2. The van der Waals surface area contributed by atoms with Gasteiger partial charge in [0.25, 0.3) is 0 Å². The maximum absolute atomic E-state index is 11.2. The summed E-state index contributed by atoms with van der Waals surface area (Å²) >= 11 is 2.18. The molecule has 1 aromatic rings. The van der Waals surface area contributed by atoms with E-state index in [2.05, 4.69) is 38.4 Å². The van der Waals surface area contributed by atoms with Crippen LogP contribution >= 0.6 is 35.7 Å². The lowest BCUT2D eigenvalue weighted by atomic mass is 9.87. The number of hydrogen-bond acceptors (Lipinski definition) is 3. The second-order valence-electron chi connectivity index (χ2n) is 7.30. The molecule has 2 N–H and O–H groups in total. The van der Waals surface area contributed by atoms with Gasteiger partial charge >= 0.3 is 0 Å². The first-order valence-electron chi connectivity index (χ1n) is 9.56. The number of hydrogen-bond donors (Lipinski definition) is 2. The van der Waals surface area contributed by atoms with Crippen LogP contribution in [0.25, 0.3) is 0 Å². The van der Waals surface area contributed by atoms with Crippen LogP contribution in [0.2, 0.25) is 0 Å². The Morgan fingerprint density at radius 1 is 1.30 bits per heavy atom. The Kier molecular flexibility index (Phi) is 8.72. The highest BCUT2D eigenvalue weighted by Crippen LogP contribution is 2.42. The summed E-state index contributed by atoms with van der Waals surface area (Å²) in [5.74, 6) is 2.12. The van der Waals surface area contributed by atoms with Crippen LogP contribution in [0, 0.1) is 0 Å². The fraction of sp³-hybridized carbons (Fsp3) is 0.600. The topological polar surface area (TPSA) is 56.7 Å². The molecule has 150 valence electrons. The summed E-state index contributed by atoms with van der Waals surface area (Å²) in [6, 6.07) is 7.96. The number of thioether (sulfide) groups is 1. The van der Waals surface area contributed by atoms with Gasteiger partial charge in [-0.3, -0.25) is 9.79 Å². The van der Waals surface area contributed by atoms with E-state index in [1.807, 2.05) is 25.2 Å². The van der Waals surface area contributed by atoms with Gasteiger partial charge in [0.2, 0.25) is 5.91 Å². The minimum Gasteiger partial charge on any atom is -0.352 e.